The van der Waals surface area contributed by atoms with Crippen LogP contribution in [-0.4, -0.2) is 5.78 Å². The van der Waals surface area contributed by atoms with E-state index >= 15 is 0 Å². The van der Waals surface area contributed by atoms with Gasteiger partial charge in [0.2, 0.25) is 0 Å². The summed E-state index contributed by atoms with van der Waals surface area (Å²) in [6, 6.07) is 5.48. The number of hydrogen-bond donors (Lipinski definition) is 0. The third kappa shape index (κ3) is 3.70. The van der Waals surface area contributed by atoms with Crippen molar-refractivity contribution in [1.29, 1.82) is 0 Å². The minimum absolute atomic E-state index is 0.0561. The number of rotatable bonds is 4. The van der Waals surface area contributed by atoms with Crippen LogP contribution in [0, 0.1) is 0 Å². The topological polar surface area (TPSA) is 17.1 Å². The minimum Gasteiger partial charge on any atom is -0.294 e. The highest BCUT2D eigenvalue weighted by Gasteiger charge is 2.33. The largest absolute Gasteiger partial charge is 0.417 e. The Morgan fingerprint density at radius 3 is 2.60 bits per heavy atom. The molecule has 0 bridgehead atoms. The highest BCUT2D eigenvalue weighted by molar-refractivity contribution is 9.10. The summed E-state index contributed by atoms with van der Waals surface area (Å²) >= 11 is 4.38. The van der Waals surface area contributed by atoms with Gasteiger partial charge in [0.25, 0.3) is 0 Å². The number of carbonyl (C=O) groups is 1. The van der Waals surface area contributed by atoms with Crippen LogP contribution in [0.1, 0.15) is 27.9 Å². The van der Waals surface area contributed by atoms with Gasteiger partial charge in [0.15, 0.2) is 5.78 Å². The number of ketones is 1. The Labute approximate surface area is 126 Å². The fourth-order valence-corrected chi connectivity index (χ4v) is 2.93. The molecule has 2 rings (SSSR count). The number of carbonyl (C=O) groups excluding carboxylic acids is 1. The first kappa shape index (κ1) is 15.3. The van der Waals surface area contributed by atoms with E-state index < -0.39 is 11.7 Å². The Morgan fingerprint density at radius 2 is 2.00 bits per heavy atom. The molecule has 0 saturated heterocycles. The second kappa shape index (κ2) is 6.10. The zero-order valence-electron chi connectivity index (χ0n) is 10.2. The number of hydrogen-bond acceptors (Lipinski definition) is 2. The molecule has 0 fully saturated rings. The monoisotopic (exact) mass is 362 g/mol. The van der Waals surface area contributed by atoms with Crippen LogP contribution in [0.2, 0.25) is 0 Å². The third-order valence-corrected chi connectivity index (χ3v) is 4.24. The lowest BCUT2D eigenvalue weighted by atomic mass is 10.0. The van der Waals surface area contributed by atoms with Gasteiger partial charge in [0, 0.05) is 16.5 Å². The SMILES string of the molecule is O=C(CCc1ccsc1)c1ccc(Br)c(C(F)(F)F)c1. The maximum atomic E-state index is 12.8. The van der Waals surface area contributed by atoms with Crippen LogP contribution in [-0.2, 0) is 12.6 Å². The summed E-state index contributed by atoms with van der Waals surface area (Å²) in [5, 5.41) is 3.83. The maximum Gasteiger partial charge on any atom is 0.417 e. The van der Waals surface area contributed by atoms with E-state index in [0.717, 1.165) is 11.6 Å². The summed E-state index contributed by atoms with van der Waals surface area (Å²) < 4.78 is 38.2. The second-order valence-corrected chi connectivity index (χ2v) is 5.88. The second-order valence-electron chi connectivity index (χ2n) is 4.25. The number of alkyl halides is 3. The van der Waals surface area contributed by atoms with Crippen molar-refractivity contribution in [2.75, 3.05) is 0 Å². The molecule has 1 nitrogen and oxygen atoms in total. The Kier molecular flexibility index (Phi) is 4.65. The van der Waals surface area contributed by atoms with Crippen molar-refractivity contribution in [3.8, 4) is 0 Å². The average Bonchev–Trinajstić information content (AvgIpc) is 2.88. The molecule has 0 N–H and O–H groups in total. The van der Waals surface area contributed by atoms with Gasteiger partial charge < -0.3 is 0 Å². The van der Waals surface area contributed by atoms with E-state index in [4.69, 9.17) is 0 Å². The van der Waals surface area contributed by atoms with Crippen molar-refractivity contribution < 1.29 is 18.0 Å². The normalized spacial score (nSPS) is 11.6. The molecular formula is C14H10BrF3OS. The first-order valence-corrected chi connectivity index (χ1v) is 7.52. The molecule has 0 unspecified atom stereocenters. The van der Waals surface area contributed by atoms with Crippen molar-refractivity contribution in [2.45, 2.75) is 19.0 Å². The van der Waals surface area contributed by atoms with E-state index in [1.54, 1.807) is 0 Å². The van der Waals surface area contributed by atoms with Gasteiger partial charge >= 0.3 is 6.18 Å². The molecule has 1 aromatic heterocycles. The molecule has 0 atom stereocenters. The predicted molar refractivity (Wildman–Crippen MR) is 76.1 cm³/mol. The van der Waals surface area contributed by atoms with E-state index in [1.807, 2.05) is 16.8 Å². The van der Waals surface area contributed by atoms with Crippen LogP contribution in [0.25, 0.3) is 0 Å². The van der Waals surface area contributed by atoms with Gasteiger partial charge in [-0.05, 0) is 40.9 Å². The van der Waals surface area contributed by atoms with Crippen molar-refractivity contribution in [3.63, 3.8) is 0 Å². The van der Waals surface area contributed by atoms with Crippen LogP contribution in [0.4, 0.5) is 13.2 Å². The molecule has 1 aromatic carbocycles. The number of Topliss-reactive ketones (excluding diaryl/α,β-unsaturated/α-hetero) is 1. The molecule has 1 heterocycles. The third-order valence-electron chi connectivity index (χ3n) is 2.81. The lowest BCUT2D eigenvalue weighted by molar-refractivity contribution is -0.138. The molecule has 0 aliphatic heterocycles. The van der Waals surface area contributed by atoms with Crippen molar-refractivity contribution >= 4 is 33.0 Å². The predicted octanol–water partition coefficient (Wildman–Crippen LogP) is 5.34. The first-order valence-electron chi connectivity index (χ1n) is 5.79. The summed E-state index contributed by atoms with van der Waals surface area (Å²) in [7, 11) is 0. The molecule has 0 amide bonds. The number of thiophene rings is 1. The summed E-state index contributed by atoms with van der Waals surface area (Å²) in [4.78, 5) is 12.0. The Morgan fingerprint density at radius 1 is 1.25 bits per heavy atom. The molecule has 0 spiro atoms. The van der Waals surface area contributed by atoms with Gasteiger partial charge in [-0.25, -0.2) is 0 Å². The van der Waals surface area contributed by atoms with E-state index in [2.05, 4.69) is 15.9 Å². The lowest BCUT2D eigenvalue weighted by Gasteiger charge is -2.10. The number of benzene rings is 1. The number of aryl methyl sites for hydroxylation is 1. The highest BCUT2D eigenvalue weighted by atomic mass is 79.9. The van der Waals surface area contributed by atoms with Crippen LogP contribution in [0.3, 0.4) is 0 Å². The Bertz CT molecular complexity index is 605. The van der Waals surface area contributed by atoms with Gasteiger partial charge in [-0.3, -0.25) is 4.79 Å². The van der Waals surface area contributed by atoms with Crippen LogP contribution >= 0.6 is 27.3 Å². The maximum absolute atomic E-state index is 12.8. The summed E-state index contributed by atoms with van der Waals surface area (Å²) in [5.41, 5.74) is 0.297. The van der Waals surface area contributed by atoms with E-state index in [0.29, 0.717) is 6.42 Å². The van der Waals surface area contributed by atoms with Gasteiger partial charge in [0.05, 0.1) is 5.56 Å². The molecule has 0 saturated carbocycles. The van der Waals surface area contributed by atoms with Crippen molar-refractivity contribution in [2.24, 2.45) is 0 Å². The molecule has 0 aliphatic rings. The van der Waals surface area contributed by atoms with E-state index in [9.17, 15) is 18.0 Å². The van der Waals surface area contributed by atoms with Gasteiger partial charge in [0.1, 0.15) is 0 Å². The molecule has 20 heavy (non-hydrogen) atoms. The quantitative estimate of drug-likeness (QED) is 0.670. The standard InChI is InChI=1S/C14H10BrF3OS/c15-12-3-2-10(7-11(12)14(16,17)18)13(19)4-1-9-5-6-20-8-9/h2-3,5-8H,1,4H2. The van der Waals surface area contributed by atoms with Crippen LogP contribution in [0.5, 0.6) is 0 Å². The molecule has 0 aliphatic carbocycles. The smallest absolute Gasteiger partial charge is 0.294 e. The van der Waals surface area contributed by atoms with Gasteiger partial charge in [-0.2, -0.15) is 24.5 Å². The van der Waals surface area contributed by atoms with Crippen LogP contribution in [0.15, 0.2) is 39.5 Å². The van der Waals surface area contributed by atoms with E-state index in [-0.39, 0.29) is 22.2 Å². The molecule has 6 heteroatoms. The first-order chi connectivity index (χ1) is 9.38. The molecule has 0 radical (unpaired) electrons. The average molecular weight is 363 g/mol. The van der Waals surface area contributed by atoms with Crippen molar-refractivity contribution in [1.82, 2.24) is 0 Å². The summed E-state index contributed by atoms with van der Waals surface area (Å²) in [6.45, 7) is 0. The zero-order valence-corrected chi connectivity index (χ0v) is 12.6. The Hall–Kier alpha value is -1.14. The van der Waals surface area contributed by atoms with Gasteiger partial charge in [-0.1, -0.05) is 22.0 Å². The molecule has 106 valence electrons. The summed E-state index contributed by atoms with van der Waals surface area (Å²) in [5.74, 6) is -0.283. The Balaban J connectivity index is 2.14. The van der Waals surface area contributed by atoms with Crippen molar-refractivity contribution in [3.05, 3.63) is 56.2 Å². The van der Waals surface area contributed by atoms with Crippen LogP contribution < -0.4 is 0 Å². The fraction of sp³-hybridized carbons (Fsp3) is 0.214. The highest BCUT2D eigenvalue weighted by Crippen LogP contribution is 2.35. The summed E-state index contributed by atoms with van der Waals surface area (Å²) in [6.07, 6.45) is -3.72. The fourth-order valence-electron chi connectivity index (χ4n) is 1.75. The van der Waals surface area contributed by atoms with E-state index in [1.165, 1.54) is 23.5 Å². The molecule has 2 aromatic rings. The zero-order chi connectivity index (χ0) is 14.8. The number of halogens is 4. The van der Waals surface area contributed by atoms with Gasteiger partial charge in [-0.15, -0.1) is 0 Å². The lowest BCUT2D eigenvalue weighted by Crippen LogP contribution is -2.09. The minimum atomic E-state index is -4.47. The molecular weight excluding hydrogens is 353 g/mol.